The van der Waals surface area contributed by atoms with Crippen molar-refractivity contribution in [1.29, 1.82) is 0 Å². The predicted molar refractivity (Wildman–Crippen MR) is 139 cm³/mol. The third kappa shape index (κ3) is 4.43. The maximum Gasteiger partial charge on any atom is 0.269 e. The van der Waals surface area contributed by atoms with Gasteiger partial charge in [-0.05, 0) is 58.7 Å². The topological polar surface area (TPSA) is 46.4 Å². The first-order chi connectivity index (χ1) is 16.7. The average molecular weight is 443 g/mol. The summed E-state index contributed by atoms with van der Waals surface area (Å²) in [6, 6.07) is 43.8. The van der Waals surface area contributed by atoms with E-state index in [0.717, 1.165) is 39.3 Å². The third-order valence-electron chi connectivity index (χ3n) is 5.78. The second-order valence-electron chi connectivity index (χ2n) is 7.93. The normalized spacial score (nSPS) is 10.6. The van der Waals surface area contributed by atoms with Crippen LogP contribution in [0.25, 0.3) is 22.3 Å². The van der Waals surface area contributed by atoms with Crippen molar-refractivity contribution in [3.8, 4) is 22.3 Å². The van der Waals surface area contributed by atoms with Gasteiger partial charge in [-0.25, -0.2) is 0 Å². The van der Waals surface area contributed by atoms with E-state index in [1.54, 1.807) is 24.3 Å². The highest BCUT2D eigenvalue weighted by Gasteiger charge is 2.15. The minimum Gasteiger partial charge on any atom is -0.310 e. The van der Waals surface area contributed by atoms with Crippen LogP contribution in [0.5, 0.6) is 0 Å². The molecular weight excluding hydrogens is 420 g/mol. The lowest BCUT2D eigenvalue weighted by Crippen LogP contribution is -2.09. The number of hydrogen-bond donors (Lipinski definition) is 0. The molecule has 0 aliphatic carbocycles. The van der Waals surface area contributed by atoms with Crippen LogP contribution in [0.2, 0.25) is 0 Å². The molecule has 0 saturated carbocycles. The fourth-order valence-corrected chi connectivity index (χ4v) is 4.04. The molecule has 4 heteroatoms. The van der Waals surface area contributed by atoms with E-state index in [9.17, 15) is 10.1 Å². The van der Waals surface area contributed by atoms with Crippen molar-refractivity contribution in [2.45, 2.75) is 0 Å². The molecule has 5 aromatic carbocycles. The van der Waals surface area contributed by atoms with Crippen LogP contribution in [0.15, 0.2) is 133 Å². The van der Waals surface area contributed by atoms with Crippen molar-refractivity contribution in [3.63, 3.8) is 0 Å². The van der Waals surface area contributed by atoms with Crippen LogP contribution >= 0.6 is 0 Å². The highest BCUT2D eigenvalue weighted by atomic mass is 16.6. The summed E-state index contributed by atoms with van der Waals surface area (Å²) < 4.78 is 0. The van der Waals surface area contributed by atoms with E-state index in [2.05, 4.69) is 77.7 Å². The first kappa shape index (κ1) is 21.2. The van der Waals surface area contributed by atoms with Crippen molar-refractivity contribution in [3.05, 3.63) is 144 Å². The summed E-state index contributed by atoms with van der Waals surface area (Å²) in [6.45, 7) is 0. The maximum absolute atomic E-state index is 11.2. The quantitative estimate of drug-likeness (QED) is 0.196. The highest BCUT2D eigenvalue weighted by Crippen LogP contribution is 2.37. The molecule has 0 spiro atoms. The van der Waals surface area contributed by atoms with Gasteiger partial charge >= 0.3 is 0 Å². The smallest absolute Gasteiger partial charge is 0.269 e. The van der Waals surface area contributed by atoms with Gasteiger partial charge in [-0.15, -0.1) is 0 Å². The first-order valence-corrected chi connectivity index (χ1v) is 11.0. The molecule has 0 saturated heterocycles. The van der Waals surface area contributed by atoms with Crippen LogP contribution < -0.4 is 4.90 Å². The van der Waals surface area contributed by atoms with Gasteiger partial charge in [0.25, 0.3) is 5.69 Å². The van der Waals surface area contributed by atoms with Crippen molar-refractivity contribution in [2.75, 3.05) is 4.90 Å². The van der Waals surface area contributed by atoms with E-state index in [1.807, 2.05) is 36.4 Å². The minimum absolute atomic E-state index is 0.0718. The molecule has 0 radical (unpaired) electrons. The zero-order chi connectivity index (χ0) is 23.3. The van der Waals surface area contributed by atoms with Crippen LogP contribution in [-0.2, 0) is 0 Å². The van der Waals surface area contributed by atoms with Gasteiger partial charge in [0.15, 0.2) is 0 Å². The summed E-state index contributed by atoms with van der Waals surface area (Å²) in [7, 11) is 0. The van der Waals surface area contributed by atoms with Crippen molar-refractivity contribution >= 4 is 22.7 Å². The predicted octanol–water partition coefficient (Wildman–Crippen LogP) is 8.40. The average Bonchev–Trinajstić information content (AvgIpc) is 2.91. The Kier molecular flexibility index (Phi) is 5.87. The molecule has 5 rings (SSSR count). The number of rotatable bonds is 6. The standard InChI is InChI=1S/C30H22N2O2/c33-32(34)30-21-19-29(20-22-30)31(27-15-11-25(12-16-27)23-7-3-1-4-8-23)28-17-13-26(14-18-28)24-9-5-2-6-10-24/h1-22H. The van der Waals surface area contributed by atoms with Crippen LogP contribution in [0.3, 0.4) is 0 Å². The van der Waals surface area contributed by atoms with Crippen LogP contribution in [0.4, 0.5) is 22.7 Å². The van der Waals surface area contributed by atoms with Gasteiger partial charge in [0, 0.05) is 29.2 Å². The molecule has 0 unspecified atom stereocenters. The van der Waals surface area contributed by atoms with E-state index in [0.29, 0.717) is 0 Å². The highest BCUT2D eigenvalue weighted by molar-refractivity contribution is 5.80. The second-order valence-corrected chi connectivity index (χ2v) is 7.93. The summed E-state index contributed by atoms with van der Waals surface area (Å²) >= 11 is 0. The van der Waals surface area contributed by atoms with E-state index < -0.39 is 0 Å². The molecule has 5 aromatic rings. The zero-order valence-corrected chi connectivity index (χ0v) is 18.4. The lowest BCUT2D eigenvalue weighted by Gasteiger charge is -2.26. The summed E-state index contributed by atoms with van der Waals surface area (Å²) in [5.41, 5.74) is 7.45. The Hall–Kier alpha value is -4.70. The van der Waals surface area contributed by atoms with Gasteiger partial charge in [-0.2, -0.15) is 0 Å². The maximum atomic E-state index is 11.2. The molecular formula is C30H22N2O2. The Balaban J connectivity index is 1.54. The number of nitrogens with zero attached hydrogens (tertiary/aromatic N) is 2. The molecule has 0 aliphatic heterocycles. The molecule has 0 atom stereocenters. The second kappa shape index (κ2) is 9.43. The Morgan fingerprint density at radius 2 is 0.765 bits per heavy atom. The van der Waals surface area contributed by atoms with Gasteiger partial charge in [0.05, 0.1) is 4.92 Å². The lowest BCUT2D eigenvalue weighted by molar-refractivity contribution is -0.384. The number of hydrogen-bond acceptors (Lipinski definition) is 3. The number of benzene rings is 5. The Labute approximate surface area is 198 Å². The molecule has 0 amide bonds. The van der Waals surface area contributed by atoms with E-state index in [1.165, 1.54) is 0 Å². The van der Waals surface area contributed by atoms with Crippen molar-refractivity contribution in [1.82, 2.24) is 0 Å². The first-order valence-electron chi connectivity index (χ1n) is 11.0. The fourth-order valence-electron chi connectivity index (χ4n) is 4.04. The van der Waals surface area contributed by atoms with Gasteiger partial charge in [0.2, 0.25) is 0 Å². The van der Waals surface area contributed by atoms with E-state index >= 15 is 0 Å². The SMILES string of the molecule is O=[N+]([O-])c1ccc(N(c2ccc(-c3ccccc3)cc2)c2ccc(-c3ccccc3)cc2)cc1. The minimum atomic E-state index is -0.378. The van der Waals surface area contributed by atoms with Crippen molar-refractivity contribution in [2.24, 2.45) is 0 Å². The molecule has 4 nitrogen and oxygen atoms in total. The largest absolute Gasteiger partial charge is 0.310 e. The van der Waals surface area contributed by atoms with Gasteiger partial charge in [-0.1, -0.05) is 84.9 Å². The van der Waals surface area contributed by atoms with Crippen LogP contribution in [-0.4, -0.2) is 4.92 Å². The van der Waals surface area contributed by atoms with Crippen LogP contribution in [0, 0.1) is 10.1 Å². The summed E-state index contributed by atoms with van der Waals surface area (Å²) in [6.07, 6.45) is 0. The monoisotopic (exact) mass is 442 g/mol. The van der Waals surface area contributed by atoms with E-state index in [4.69, 9.17) is 0 Å². The Morgan fingerprint density at radius 1 is 0.441 bits per heavy atom. The van der Waals surface area contributed by atoms with Crippen LogP contribution in [0.1, 0.15) is 0 Å². The molecule has 0 aliphatic rings. The summed E-state index contributed by atoms with van der Waals surface area (Å²) in [5, 5.41) is 11.2. The molecule has 0 heterocycles. The number of nitro groups is 1. The Bertz CT molecular complexity index is 1300. The van der Waals surface area contributed by atoms with Gasteiger partial charge in [-0.3, -0.25) is 10.1 Å². The molecule has 0 N–H and O–H groups in total. The third-order valence-corrected chi connectivity index (χ3v) is 5.78. The molecule has 0 fully saturated rings. The number of anilines is 3. The molecule has 0 aromatic heterocycles. The number of non-ortho nitro benzene ring substituents is 1. The lowest BCUT2D eigenvalue weighted by atomic mass is 10.0. The van der Waals surface area contributed by atoms with Gasteiger partial charge < -0.3 is 4.90 Å². The Morgan fingerprint density at radius 3 is 1.12 bits per heavy atom. The molecule has 164 valence electrons. The molecule has 34 heavy (non-hydrogen) atoms. The summed E-state index contributed by atoms with van der Waals surface area (Å²) in [5.74, 6) is 0. The summed E-state index contributed by atoms with van der Waals surface area (Å²) in [4.78, 5) is 12.9. The zero-order valence-electron chi connectivity index (χ0n) is 18.4. The molecule has 0 bridgehead atoms. The fraction of sp³-hybridized carbons (Fsp3) is 0. The van der Waals surface area contributed by atoms with Crippen molar-refractivity contribution < 1.29 is 4.92 Å². The number of nitro benzene ring substituents is 1. The van der Waals surface area contributed by atoms with Gasteiger partial charge in [0.1, 0.15) is 0 Å². The van der Waals surface area contributed by atoms with E-state index in [-0.39, 0.29) is 10.6 Å².